The Morgan fingerprint density at radius 1 is 0.771 bits per heavy atom. The average Bonchev–Trinajstić information content (AvgIpc) is 3.08. The van der Waals surface area contributed by atoms with Crippen molar-refractivity contribution in [1.29, 1.82) is 0 Å². The lowest BCUT2D eigenvalue weighted by atomic mass is 10.1. The van der Waals surface area contributed by atoms with Gasteiger partial charge in [-0.1, -0.05) is 98.9 Å². The second kappa shape index (κ2) is 32.8. The SMILES string of the molecule is C=NC=C(C=CCC(=O)NC(CCCNC(=O)CCC=CCC=CCC=CCC=CCC=CCC=CCC)C(=O)OC(CO)CO)CC. The van der Waals surface area contributed by atoms with Gasteiger partial charge in [-0.2, -0.15) is 0 Å². The number of esters is 1. The Balaban J connectivity index is 4.36. The molecule has 9 nitrogen and oxygen atoms in total. The molecule has 0 aromatic rings. The van der Waals surface area contributed by atoms with Gasteiger partial charge in [0.1, 0.15) is 12.1 Å². The van der Waals surface area contributed by atoms with Crippen molar-refractivity contribution >= 4 is 24.5 Å². The van der Waals surface area contributed by atoms with Crippen LogP contribution < -0.4 is 10.6 Å². The minimum Gasteiger partial charge on any atom is -0.456 e. The van der Waals surface area contributed by atoms with E-state index in [2.05, 4.69) is 90.0 Å². The first kappa shape index (κ1) is 43.9. The third-order valence-corrected chi connectivity index (χ3v) is 6.74. The number of nitrogens with one attached hydrogen (secondary N) is 2. The first-order valence-corrected chi connectivity index (χ1v) is 17.1. The van der Waals surface area contributed by atoms with Gasteiger partial charge in [-0.05, 0) is 76.5 Å². The highest BCUT2D eigenvalue weighted by atomic mass is 16.6. The quantitative estimate of drug-likeness (QED) is 0.0242. The maximum Gasteiger partial charge on any atom is 0.329 e. The molecule has 2 amide bonds. The van der Waals surface area contributed by atoms with Crippen molar-refractivity contribution in [3.8, 4) is 0 Å². The molecule has 0 saturated heterocycles. The molecule has 0 aliphatic carbocycles. The number of rotatable bonds is 28. The van der Waals surface area contributed by atoms with Gasteiger partial charge in [-0.25, -0.2) is 4.79 Å². The summed E-state index contributed by atoms with van der Waals surface area (Å²) in [6.45, 7) is 6.76. The number of ether oxygens (including phenoxy) is 1. The normalized spacial score (nSPS) is 13.4. The number of carbonyl (C=O) groups is 3. The summed E-state index contributed by atoms with van der Waals surface area (Å²) in [7, 11) is 0. The third kappa shape index (κ3) is 27.1. The fraction of sp³-hybridized carbons (Fsp3) is 0.487. The summed E-state index contributed by atoms with van der Waals surface area (Å²) in [5.41, 5.74) is 0.902. The van der Waals surface area contributed by atoms with Crippen LogP contribution in [0.1, 0.15) is 90.9 Å². The molecule has 0 radical (unpaired) electrons. The Labute approximate surface area is 288 Å². The van der Waals surface area contributed by atoms with Crippen molar-refractivity contribution in [3.63, 3.8) is 0 Å². The van der Waals surface area contributed by atoms with E-state index in [0.29, 0.717) is 25.8 Å². The zero-order valence-corrected chi connectivity index (χ0v) is 29.1. The van der Waals surface area contributed by atoms with Gasteiger partial charge in [-0.15, -0.1) is 0 Å². The number of allylic oxidation sites excluding steroid dienone is 14. The summed E-state index contributed by atoms with van der Waals surface area (Å²) in [5.74, 6) is -1.24. The minimum absolute atomic E-state index is 0.0347. The summed E-state index contributed by atoms with van der Waals surface area (Å²) in [4.78, 5) is 41.1. The zero-order chi connectivity index (χ0) is 35.5. The number of carbonyl (C=O) groups excluding carboxylic acids is 3. The van der Waals surface area contributed by atoms with Crippen molar-refractivity contribution in [1.82, 2.24) is 10.6 Å². The second-order valence-electron chi connectivity index (χ2n) is 10.8. The lowest BCUT2D eigenvalue weighted by Crippen LogP contribution is -2.44. The summed E-state index contributed by atoms with van der Waals surface area (Å²) in [6.07, 6.45) is 37.7. The molecule has 0 aliphatic rings. The third-order valence-electron chi connectivity index (χ3n) is 6.74. The molecule has 1 atom stereocenters. The molecular formula is C39H59N3O6. The van der Waals surface area contributed by atoms with Crippen molar-refractivity contribution in [2.45, 2.75) is 103 Å². The summed E-state index contributed by atoms with van der Waals surface area (Å²) >= 11 is 0. The van der Waals surface area contributed by atoms with E-state index in [0.717, 1.165) is 50.5 Å². The Bertz CT molecular complexity index is 1130. The van der Waals surface area contributed by atoms with Crippen LogP contribution in [-0.2, 0) is 19.1 Å². The van der Waals surface area contributed by atoms with Crippen molar-refractivity contribution in [2.75, 3.05) is 19.8 Å². The molecule has 4 N–H and O–H groups in total. The van der Waals surface area contributed by atoms with Crippen LogP contribution in [0.15, 0.2) is 102 Å². The molecule has 0 saturated carbocycles. The Kier molecular flexibility index (Phi) is 30.1. The van der Waals surface area contributed by atoms with Gasteiger partial charge in [0.05, 0.1) is 13.2 Å². The number of hydrogen-bond donors (Lipinski definition) is 4. The molecule has 0 rings (SSSR count). The first-order chi connectivity index (χ1) is 23.4. The molecule has 0 aromatic carbocycles. The van der Waals surface area contributed by atoms with Crippen molar-refractivity contribution in [2.24, 2.45) is 4.99 Å². The highest BCUT2D eigenvalue weighted by Crippen LogP contribution is 2.06. The predicted molar refractivity (Wildman–Crippen MR) is 197 cm³/mol. The van der Waals surface area contributed by atoms with Crippen LogP contribution in [0, 0.1) is 0 Å². The lowest BCUT2D eigenvalue weighted by Gasteiger charge is -2.20. The van der Waals surface area contributed by atoms with Gasteiger partial charge in [-0.3, -0.25) is 14.6 Å². The first-order valence-electron chi connectivity index (χ1n) is 17.1. The highest BCUT2D eigenvalue weighted by molar-refractivity contribution is 5.85. The number of aliphatic hydroxyl groups is 2. The second-order valence-corrected chi connectivity index (χ2v) is 10.8. The number of nitrogens with zero attached hydrogens (tertiary/aromatic N) is 1. The minimum atomic E-state index is -1.07. The number of aliphatic imine (C=N–C) groups is 1. The smallest absolute Gasteiger partial charge is 0.329 e. The maximum absolute atomic E-state index is 12.6. The van der Waals surface area contributed by atoms with E-state index in [9.17, 15) is 24.6 Å². The van der Waals surface area contributed by atoms with Gasteiger partial charge in [0.2, 0.25) is 11.8 Å². The van der Waals surface area contributed by atoms with Crippen LogP contribution in [0.4, 0.5) is 0 Å². The van der Waals surface area contributed by atoms with Gasteiger partial charge < -0.3 is 25.6 Å². The Hall–Kier alpha value is -4.08. The van der Waals surface area contributed by atoms with E-state index in [1.165, 1.54) is 0 Å². The molecule has 48 heavy (non-hydrogen) atoms. The van der Waals surface area contributed by atoms with Crippen molar-refractivity contribution in [3.05, 3.63) is 96.8 Å². The molecule has 0 bridgehead atoms. The number of hydrogen-bond acceptors (Lipinski definition) is 7. The number of aliphatic hydroxyl groups excluding tert-OH is 2. The van der Waals surface area contributed by atoms with Gasteiger partial charge in [0.15, 0.2) is 0 Å². The summed E-state index contributed by atoms with van der Waals surface area (Å²) in [6, 6.07) is -0.988. The predicted octanol–water partition coefficient (Wildman–Crippen LogP) is 6.68. The molecule has 0 spiro atoms. The highest BCUT2D eigenvalue weighted by Gasteiger charge is 2.24. The van der Waals surface area contributed by atoms with Crippen LogP contribution in [0.2, 0.25) is 0 Å². The molecule has 0 heterocycles. The topological polar surface area (TPSA) is 137 Å². The molecule has 266 valence electrons. The van der Waals surface area contributed by atoms with E-state index in [4.69, 9.17) is 4.74 Å². The Morgan fingerprint density at radius 3 is 1.81 bits per heavy atom. The van der Waals surface area contributed by atoms with Gasteiger partial charge >= 0.3 is 5.97 Å². The standard InChI is InChI=1S/C39H59N3O6/c1-4-6-7-8-9-10-11-12-13-14-15-16-17-18-19-20-21-22-23-28-37(45)41-30-25-27-36(39(47)48-35(32-43)33-44)42-38(46)29-24-26-34(5-2)31-40-3/h6-7,9-10,12-13,15-16,18-19,21-22,24,26,31,35-36,43-44H,3-5,8,11,14,17,20,23,25,27-30,32-33H2,1-2H3,(H,41,45)(H,42,46). The van der Waals surface area contributed by atoms with Crippen LogP contribution in [0.5, 0.6) is 0 Å². The number of amides is 2. The van der Waals surface area contributed by atoms with Crippen LogP contribution in [0.25, 0.3) is 0 Å². The van der Waals surface area contributed by atoms with Gasteiger partial charge in [0, 0.05) is 25.6 Å². The molecule has 9 heteroatoms. The van der Waals surface area contributed by atoms with E-state index in [1.54, 1.807) is 18.4 Å². The largest absolute Gasteiger partial charge is 0.456 e. The molecule has 0 aromatic heterocycles. The van der Waals surface area contributed by atoms with Crippen LogP contribution in [0.3, 0.4) is 0 Å². The molecule has 0 fully saturated rings. The fourth-order valence-electron chi connectivity index (χ4n) is 4.04. The average molecular weight is 666 g/mol. The molecular weight excluding hydrogens is 606 g/mol. The summed E-state index contributed by atoms with van der Waals surface area (Å²) < 4.78 is 5.12. The summed E-state index contributed by atoms with van der Waals surface area (Å²) in [5, 5.41) is 24.0. The van der Waals surface area contributed by atoms with Crippen LogP contribution in [-0.4, -0.2) is 66.6 Å². The van der Waals surface area contributed by atoms with E-state index < -0.39 is 31.3 Å². The molecule has 0 aliphatic heterocycles. The van der Waals surface area contributed by atoms with Crippen molar-refractivity contribution < 1.29 is 29.3 Å². The fourth-order valence-corrected chi connectivity index (χ4v) is 4.04. The van der Waals surface area contributed by atoms with E-state index in [1.807, 2.05) is 19.1 Å². The van der Waals surface area contributed by atoms with E-state index in [-0.39, 0.29) is 24.7 Å². The monoisotopic (exact) mass is 665 g/mol. The lowest BCUT2D eigenvalue weighted by molar-refractivity contribution is -0.157. The van der Waals surface area contributed by atoms with Gasteiger partial charge in [0.25, 0.3) is 0 Å². The Morgan fingerprint density at radius 2 is 1.31 bits per heavy atom. The van der Waals surface area contributed by atoms with Crippen LogP contribution >= 0.6 is 0 Å². The maximum atomic E-state index is 12.6. The van der Waals surface area contributed by atoms with E-state index >= 15 is 0 Å². The zero-order valence-electron chi connectivity index (χ0n) is 29.1. The molecule has 1 unspecified atom stereocenters.